The molecule has 0 radical (unpaired) electrons. The quantitative estimate of drug-likeness (QED) is 0.847. The molecule has 0 fully saturated rings. The molecule has 0 atom stereocenters. The van der Waals surface area contributed by atoms with Crippen LogP contribution in [0.15, 0.2) is 27.1 Å². The maximum absolute atomic E-state index is 12.3. The van der Waals surface area contributed by atoms with Crippen molar-refractivity contribution in [3.8, 4) is 0 Å². The largest absolute Gasteiger partial charge is 0.315 e. The number of hydrogen-bond acceptors (Lipinski definition) is 5. The maximum Gasteiger partial charge on any atom is 0.263 e. The van der Waals surface area contributed by atoms with Crippen LogP contribution < -0.4 is 10.0 Å². The predicted molar refractivity (Wildman–Crippen MR) is 78.8 cm³/mol. The van der Waals surface area contributed by atoms with Gasteiger partial charge in [-0.25, -0.2) is 8.42 Å². The molecule has 2 N–H and O–H groups in total. The number of rotatable bonds is 5. The molecule has 2 aromatic rings. The molecule has 2 heterocycles. The van der Waals surface area contributed by atoms with E-state index < -0.39 is 10.0 Å². The third kappa shape index (κ3) is 3.35. The number of nitrogens with one attached hydrogen (secondary N) is 2. The van der Waals surface area contributed by atoms with Crippen LogP contribution in [0.2, 0.25) is 0 Å². The fourth-order valence-corrected chi connectivity index (χ4v) is 5.25. The number of anilines is 1. The molecule has 0 saturated carbocycles. The van der Waals surface area contributed by atoms with Crippen LogP contribution in [0.5, 0.6) is 0 Å². The molecule has 0 amide bonds. The first-order chi connectivity index (χ1) is 8.92. The average molecular weight is 365 g/mol. The molecular formula is C10H13BrN4O2S2. The number of aromatic nitrogens is 2. The van der Waals surface area contributed by atoms with Crippen molar-refractivity contribution in [2.75, 3.05) is 11.8 Å². The van der Waals surface area contributed by atoms with Crippen LogP contribution in [0, 0.1) is 0 Å². The Kier molecular flexibility index (Phi) is 4.29. The SMILES string of the molecule is CNCc1cc(S(=O)(=O)Nc2cnn(C)c2)c(Br)s1. The van der Waals surface area contributed by atoms with E-state index in [0.717, 1.165) is 4.88 Å². The summed E-state index contributed by atoms with van der Waals surface area (Å²) in [5, 5.41) is 6.91. The molecule has 0 unspecified atom stereocenters. The molecule has 2 rings (SSSR count). The second-order valence-corrected chi connectivity index (χ2v) is 7.99. The van der Waals surface area contributed by atoms with Gasteiger partial charge in [-0.15, -0.1) is 11.3 Å². The standard InChI is InChI=1S/C10H13BrN4O2S2/c1-12-5-8-3-9(10(11)18-8)19(16,17)14-7-4-13-15(2)6-7/h3-4,6,12,14H,5H2,1-2H3. The van der Waals surface area contributed by atoms with Crippen molar-refractivity contribution < 1.29 is 8.42 Å². The Balaban J connectivity index is 2.28. The Morgan fingerprint density at radius 1 is 1.53 bits per heavy atom. The van der Waals surface area contributed by atoms with E-state index >= 15 is 0 Å². The molecule has 0 aliphatic rings. The second kappa shape index (κ2) is 5.61. The van der Waals surface area contributed by atoms with Gasteiger partial charge in [0.25, 0.3) is 10.0 Å². The van der Waals surface area contributed by atoms with Crippen LogP contribution in [-0.2, 0) is 23.6 Å². The summed E-state index contributed by atoms with van der Waals surface area (Å²) in [6, 6.07) is 1.66. The van der Waals surface area contributed by atoms with Crippen LogP contribution in [0.3, 0.4) is 0 Å². The maximum atomic E-state index is 12.3. The fourth-order valence-electron chi connectivity index (χ4n) is 1.53. The van der Waals surface area contributed by atoms with Gasteiger partial charge in [0.15, 0.2) is 0 Å². The van der Waals surface area contributed by atoms with Gasteiger partial charge in [0.1, 0.15) is 4.90 Å². The lowest BCUT2D eigenvalue weighted by Crippen LogP contribution is -2.12. The van der Waals surface area contributed by atoms with Crippen molar-refractivity contribution in [2.24, 2.45) is 7.05 Å². The minimum Gasteiger partial charge on any atom is -0.315 e. The van der Waals surface area contributed by atoms with E-state index in [-0.39, 0.29) is 4.90 Å². The predicted octanol–water partition coefficient (Wildman–Crippen LogP) is 1.76. The zero-order valence-electron chi connectivity index (χ0n) is 10.3. The minimum absolute atomic E-state index is 0.242. The second-order valence-electron chi connectivity index (χ2n) is 3.89. The van der Waals surface area contributed by atoms with Gasteiger partial charge in [-0.1, -0.05) is 0 Å². The van der Waals surface area contributed by atoms with Crippen LogP contribution in [-0.4, -0.2) is 25.2 Å². The fraction of sp³-hybridized carbons (Fsp3) is 0.300. The zero-order valence-corrected chi connectivity index (χ0v) is 13.6. The normalized spacial score (nSPS) is 11.7. The van der Waals surface area contributed by atoms with Crippen molar-refractivity contribution in [3.05, 3.63) is 27.1 Å². The molecule has 6 nitrogen and oxygen atoms in total. The lowest BCUT2D eigenvalue weighted by Gasteiger charge is -2.03. The lowest BCUT2D eigenvalue weighted by molar-refractivity contribution is 0.601. The molecule has 9 heteroatoms. The Hall–Kier alpha value is -0.900. The number of nitrogens with zero attached hydrogens (tertiary/aromatic N) is 2. The first kappa shape index (κ1) is 14.5. The molecule has 104 valence electrons. The number of thiophene rings is 1. The third-order valence-corrected chi connectivity index (χ3v) is 5.94. The number of hydrogen-bond donors (Lipinski definition) is 2. The minimum atomic E-state index is -3.60. The van der Waals surface area contributed by atoms with Crippen molar-refractivity contribution in [1.82, 2.24) is 15.1 Å². The number of sulfonamides is 1. The summed E-state index contributed by atoms with van der Waals surface area (Å²) in [6.07, 6.45) is 3.07. The van der Waals surface area contributed by atoms with Gasteiger partial charge < -0.3 is 5.32 Å². The Bertz CT molecular complexity index is 678. The summed E-state index contributed by atoms with van der Waals surface area (Å²) in [5.41, 5.74) is 0.441. The summed E-state index contributed by atoms with van der Waals surface area (Å²) in [6.45, 7) is 0.631. The summed E-state index contributed by atoms with van der Waals surface area (Å²) in [5.74, 6) is 0. The third-order valence-electron chi connectivity index (χ3n) is 2.30. The van der Waals surface area contributed by atoms with Crippen molar-refractivity contribution in [3.63, 3.8) is 0 Å². The average Bonchev–Trinajstić information content (AvgIpc) is 2.86. The van der Waals surface area contributed by atoms with Gasteiger partial charge in [-0.3, -0.25) is 9.40 Å². The highest BCUT2D eigenvalue weighted by molar-refractivity contribution is 9.11. The van der Waals surface area contributed by atoms with E-state index in [9.17, 15) is 8.42 Å². The van der Waals surface area contributed by atoms with Gasteiger partial charge in [-0.05, 0) is 29.0 Å². The lowest BCUT2D eigenvalue weighted by atomic mass is 10.5. The monoisotopic (exact) mass is 364 g/mol. The Morgan fingerprint density at radius 3 is 2.84 bits per heavy atom. The van der Waals surface area contributed by atoms with Crippen LogP contribution in [0.1, 0.15) is 4.88 Å². The Morgan fingerprint density at radius 2 is 2.26 bits per heavy atom. The first-order valence-electron chi connectivity index (χ1n) is 5.36. The molecule has 0 aliphatic carbocycles. The van der Waals surface area contributed by atoms with Crippen LogP contribution >= 0.6 is 27.3 Å². The van der Waals surface area contributed by atoms with Gasteiger partial charge >= 0.3 is 0 Å². The highest BCUT2D eigenvalue weighted by atomic mass is 79.9. The molecular weight excluding hydrogens is 352 g/mol. The molecule has 0 spiro atoms. The van der Waals surface area contributed by atoms with Crippen molar-refractivity contribution in [1.29, 1.82) is 0 Å². The highest BCUT2D eigenvalue weighted by Crippen LogP contribution is 2.32. The van der Waals surface area contributed by atoms with Gasteiger partial charge in [-0.2, -0.15) is 5.10 Å². The molecule has 0 aromatic carbocycles. The molecule has 2 aromatic heterocycles. The van der Waals surface area contributed by atoms with Gasteiger partial charge in [0, 0.05) is 24.7 Å². The van der Waals surface area contributed by atoms with E-state index in [1.54, 1.807) is 19.3 Å². The molecule has 19 heavy (non-hydrogen) atoms. The molecule has 0 bridgehead atoms. The zero-order chi connectivity index (χ0) is 14.0. The summed E-state index contributed by atoms with van der Waals surface area (Å²) >= 11 is 4.69. The summed E-state index contributed by atoms with van der Waals surface area (Å²) < 4.78 is 29.1. The van der Waals surface area contributed by atoms with Crippen molar-refractivity contribution >= 4 is 43.0 Å². The molecule has 0 aliphatic heterocycles. The van der Waals surface area contributed by atoms with E-state index in [4.69, 9.17) is 0 Å². The smallest absolute Gasteiger partial charge is 0.263 e. The summed E-state index contributed by atoms with van der Waals surface area (Å²) in [4.78, 5) is 1.19. The molecule has 0 saturated heterocycles. The first-order valence-corrected chi connectivity index (χ1v) is 8.46. The van der Waals surface area contributed by atoms with E-state index in [2.05, 4.69) is 31.1 Å². The van der Waals surface area contributed by atoms with E-state index in [1.807, 2.05) is 7.05 Å². The van der Waals surface area contributed by atoms with Gasteiger partial charge in [0.05, 0.1) is 15.7 Å². The van der Waals surface area contributed by atoms with E-state index in [1.165, 1.54) is 22.2 Å². The summed E-state index contributed by atoms with van der Waals surface area (Å²) in [7, 11) is -0.0550. The number of halogens is 1. The van der Waals surface area contributed by atoms with Crippen molar-refractivity contribution in [2.45, 2.75) is 11.4 Å². The topological polar surface area (TPSA) is 76.0 Å². The van der Waals surface area contributed by atoms with Crippen LogP contribution in [0.4, 0.5) is 5.69 Å². The van der Waals surface area contributed by atoms with E-state index in [0.29, 0.717) is 16.0 Å². The highest BCUT2D eigenvalue weighted by Gasteiger charge is 2.21. The Labute approximate surface area is 124 Å². The van der Waals surface area contributed by atoms with Gasteiger partial charge in [0.2, 0.25) is 0 Å². The van der Waals surface area contributed by atoms with Crippen LogP contribution in [0.25, 0.3) is 0 Å². The number of aryl methyl sites for hydroxylation is 1.